The third-order valence-corrected chi connectivity index (χ3v) is 4.03. The zero-order chi connectivity index (χ0) is 19.8. The van der Waals surface area contributed by atoms with Gasteiger partial charge in [-0.15, -0.1) is 0 Å². The predicted molar refractivity (Wildman–Crippen MR) is 108 cm³/mol. The summed E-state index contributed by atoms with van der Waals surface area (Å²) in [5, 5.41) is 3.19. The predicted octanol–water partition coefficient (Wildman–Crippen LogP) is 3.13. The van der Waals surface area contributed by atoms with E-state index in [0.29, 0.717) is 24.7 Å². The molecule has 0 saturated carbocycles. The van der Waals surface area contributed by atoms with Crippen molar-refractivity contribution in [2.24, 2.45) is 5.73 Å². The molecule has 0 saturated heterocycles. The Morgan fingerprint density at radius 2 is 1.89 bits per heavy atom. The summed E-state index contributed by atoms with van der Waals surface area (Å²) in [6.45, 7) is 1.24. The van der Waals surface area contributed by atoms with Crippen molar-refractivity contribution in [2.45, 2.75) is 6.42 Å². The quantitative estimate of drug-likeness (QED) is 0.555. The summed E-state index contributed by atoms with van der Waals surface area (Å²) in [6, 6.07) is 16.3. The Bertz CT molecular complexity index is 929. The molecule has 0 aliphatic rings. The Morgan fingerprint density at radius 1 is 1.11 bits per heavy atom. The lowest BCUT2D eigenvalue weighted by Gasteiger charge is -2.09. The van der Waals surface area contributed by atoms with Crippen LogP contribution in [0.4, 0.5) is 5.95 Å². The molecule has 28 heavy (non-hydrogen) atoms. The van der Waals surface area contributed by atoms with E-state index in [-0.39, 0.29) is 0 Å². The van der Waals surface area contributed by atoms with Gasteiger partial charge in [-0.05, 0) is 36.8 Å². The number of methoxy groups -OCH3 is 1. The van der Waals surface area contributed by atoms with Crippen LogP contribution in [0.25, 0.3) is 11.3 Å². The third kappa shape index (κ3) is 5.20. The van der Waals surface area contributed by atoms with E-state index in [1.165, 1.54) is 0 Å². The van der Waals surface area contributed by atoms with Crippen LogP contribution in [-0.4, -0.2) is 36.1 Å². The van der Waals surface area contributed by atoms with Crippen LogP contribution in [-0.2, 0) is 0 Å². The molecule has 0 spiro atoms. The molecule has 0 unspecified atom stereocenters. The van der Waals surface area contributed by atoms with Gasteiger partial charge in [-0.3, -0.25) is 4.79 Å². The van der Waals surface area contributed by atoms with Gasteiger partial charge in [0.05, 0.1) is 19.4 Å². The second-order valence-corrected chi connectivity index (χ2v) is 6.01. The first-order valence-corrected chi connectivity index (χ1v) is 8.90. The average Bonchev–Trinajstić information content (AvgIpc) is 2.74. The highest BCUT2D eigenvalue weighted by molar-refractivity contribution is 5.93. The number of ether oxygens (including phenoxy) is 2. The smallest absolute Gasteiger partial charge is 0.248 e. The highest BCUT2D eigenvalue weighted by Crippen LogP contribution is 2.19. The summed E-state index contributed by atoms with van der Waals surface area (Å²) in [7, 11) is 1.63. The van der Waals surface area contributed by atoms with Gasteiger partial charge in [-0.2, -0.15) is 0 Å². The Labute approximate surface area is 163 Å². The van der Waals surface area contributed by atoms with Gasteiger partial charge in [0.2, 0.25) is 11.9 Å². The van der Waals surface area contributed by atoms with E-state index in [1.807, 2.05) is 42.5 Å². The van der Waals surface area contributed by atoms with Gasteiger partial charge < -0.3 is 20.5 Å². The minimum atomic E-state index is -0.451. The maximum Gasteiger partial charge on any atom is 0.248 e. The van der Waals surface area contributed by atoms with Crippen LogP contribution in [0.15, 0.2) is 60.8 Å². The van der Waals surface area contributed by atoms with Crippen LogP contribution in [0.1, 0.15) is 16.8 Å². The number of nitrogens with two attached hydrogens (primary N) is 1. The first-order valence-electron chi connectivity index (χ1n) is 8.90. The van der Waals surface area contributed by atoms with Gasteiger partial charge in [0.25, 0.3) is 0 Å². The number of rotatable bonds is 9. The minimum Gasteiger partial charge on any atom is -0.497 e. The van der Waals surface area contributed by atoms with Gasteiger partial charge in [0.15, 0.2) is 0 Å². The van der Waals surface area contributed by atoms with Crippen LogP contribution in [0.3, 0.4) is 0 Å². The molecular formula is C21H22N4O3. The molecule has 3 rings (SSSR count). The standard InChI is InChI=1S/C21H22N4O3/c1-27-17-4-2-5-18(14-17)28-13-3-11-23-21-24-12-10-19(25-21)15-6-8-16(9-7-15)20(22)26/h2,4-10,12,14H,3,11,13H2,1H3,(H2,22,26)(H,23,24,25). The average molecular weight is 378 g/mol. The first kappa shape index (κ1) is 19.2. The molecule has 1 amide bonds. The topological polar surface area (TPSA) is 99.4 Å². The van der Waals surface area contributed by atoms with E-state index in [9.17, 15) is 4.79 Å². The van der Waals surface area contributed by atoms with Crippen LogP contribution in [0, 0.1) is 0 Å². The molecule has 1 aromatic heterocycles. The maximum atomic E-state index is 11.2. The van der Waals surface area contributed by atoms with Crippen molar-refractivity contribution in [3.05, 3.63) is 66.4 Å². The molecule has 0 bridgehead atoms. The molecule has 0 radical (unpaired) electrons. The number of primary amides is 1. The number of anilines is 1. The third-order valence-electron chi connectivity index (χ3n) is 4.03. The molecule has 0 atom stereocenters. The lowest BCUT2D eigenvalue weighted by atomic mass is 10.1. The monoisotopic (exact) mass is 378 g/mol. The summed E-state index contributed by atoms with van der Waals surface area (Å²) in [5.74, 6) is 1.63. The fourth-order valence-corrected chi connectivity index (χ4v) is 2.56. The van der Waals surface area contributed by atoms with Gasteiger partial charge >= 0.3 is 0 Å². The molecule has 3 N–H and O–H groups in total. The number of benzene rings is 2. The highest BCUT2D eigenvalue weighted by Gasteiger charge is 2.05. The normalized spacial score (nSPS) is 10.3. The fourth-order valence-electron chi connectivity index (χ4n) is 2.56. The highest BCUT2D eigenvalue weighted by atomic mass is 16.5. The van der Waals surface area contributed by atoms with Crippen molar-refractivity contribution in [1.29, 1.82) is 0 Å². The van der Waals surface area contributed by atoms with E-state index >= 15 is 0 Å². The number of carbonyl (C=O) groups excluding carboxylic acids is 1. The molecule has 7 nitrogen and oxygen atoms in total. The van der Waals surface area contributed by atoms with Crippen LogP contribution >= 0.6 is 0 Å². The molecule has 144 valence electrons. The summed E-state index contributed by atoms with van der Waals surface area (Å²) in [5.41, 5.74) is 7.38. The van der Waals surface area contributed by atoms with Crippen molar-refractivity contribution in [2.75, 3.05) is 25.6 Å². The van der Waals surface area contributed by atoms with E-state index in [2.05, 4.69) is 15.3 Å². The van der Waals surface area contributed by atoms with Crippen molar-refractivity contribution >= 4 is 11.9 Å². The summed E-state index contributed by atoms with van der Waals surface area (Å²) < 4.78 is 10.9. The number of aromatic nitrogens is 2. The summed E-state index contributed by atoms with van der Waals surface area (Å²) in [4.78, 5) is 19.9. The number of nitrogens with one attached hydrogen (secondary N) is 1. The Hall–Kier alpha value is -3.61. The maximum absolute atomic E-state index is 11.2. The lowest BCUT2D eigenvalue weighted by molar-refractivity contribution is 0.100. The minimum absolute atomic E-state index is 0.451. The fraction of sp³-hybridized carbons (Fsp3) is 0.190. The molecule has 7 heteroatoms. The van der Waals surface area contributed by atoms with Gasteiger partial charge in [0.1, 0.15) is 11.5 Å². The molecule has 2 aromatic carbocycles. The SMILES string of the molecule is COc1cccc(OCCCNc2nccc(-c3ccc(C(N)=O)cc3)n2)c1. The Balaban J connectivity index is 1.50. The van der Waals surface area contributed by atoms with Crippen molar-refractivity contribution in [3.8, 4) is 22.8 Å². The second-order valence-electron chi connectivity index (χ2n) is 6.01. The largest absolute Gasteiger partial charge is 0.497 e. The molecular weight excluding hydrogens is 356 g/mol. The van der Waals surface area contributed by atoms with Crippen LogP contribution in [0.5, 0.6) is 11.5 Å². The number of amides is 1. The number of hydrogen-bond acceptors (Lipinski definition) is 6. The Morgan fingerprint density at radius 3 is 2.64 bits per heavy atom. The Kier molecular flexibility index (Phi) is 6.41. The van der Waals surface area contributed by atoms with Crippen LogP contribution < -0.4 is 20.5 Å². The van der Waals surface area contributed by atoms with Crippen molar-refractivity contribution in [3.63, 3.8) is 0 Å². The van der Waals surface area contributed by atoms with E-state index in [1.54, 1.807) is 25.4 Å². The first-order chi connectivity index (χ1) is 13.7. The number of carbonyl (C=O) groups is 1. The van der Waals surface area contributed by atoms with E-state index in [0.717, 1.165) is 29.2 Å². The molecule has 0 aliphatic heterocycles. The number of hydrogen-bond donors (Lipinski definition) is 2. The molecule has 3 aromatic rings. The molecule has 0 fully saturated rings. The summed E-state index contributed by atoms with van der Waals surface area (Å²) in [6.07, 6.45) is 2.48. The molecule has 0 aliphatic carbocycles. The second kappa shape index (κ2) is 9.36. The number of nitrogens with zero attached hydrogens (tertiary/aromatic N) is 2. The van der Waals surface area contributed by atoms with Crippen molar-refractivity contribution < 1.29 is 14.3 Å². The van der Waals surface area contributed by atoms with Crippen LogP contribution in [0.2, 0.25) is 0 Å². The lowest BCUT2D eigenvalue weighted by Crippen LogP contribution is -2.10. The van der Waals surface area contributed by atoms with Crippen molar-refractivity contribution in [1.82, 2.24) is 9.97 Å². The van der Waals surface area contributed by atoms with E-state index < -0.39 is 5.91 Å². The van der Waals surface area contributed by atoms with Gasteiger partial charge in [-0.1, -0.05) is 18.2 Å². The molecule has 1 heterocycles. The van der Waals surface area contributed by atoms with Gasteiger partial charge in [0, 0.05) is 29.9 Å². The van der Waals surface area contributed by atoms with E-state index in [4.69, 9.17) is 15.2 Å². The van der Waals surface area contributed by atoms with Gasteiger partial charge in [-0.25, -0.2) is 9.97 Å². The zero-order valence-corrected chi connectivity index (χ0v) is 15.6. The zero-order valence-electron chi connectivity index (χ0n) is 15.6. The summed E-state index contributed by atoms with van der Waals surface area (Å²) >= 11 is 0.